The number of benzene rings is 1. The van der Waals surface area contributed by atoms with Crippen LogP contribution in [-0.2, 0) is 0 Å². The average Bonchev–Trinajstić information content (AvgIpc) is 2.89. The maximum Gasteiger partial charge on any atom is 0.230 e. The Labute approximate surface area is 110 Å². The number of hydrogen-bond acceptors (Lipinski definition) is 4. The highest BCUT2D eigenvalue weighted by Gasteiger charge is 2.25. The number of hydrogen-bond donors (Lipinski definition) is 1. The van der Waals surface area contributed by atoms with Gasteiger partial charge < -0.3 is 9.63 Å². The molecule has 0 bridgehead atoms. The Kier molecular flexibility index (Phi) is 3.29. The van der Waals surface area contributed by atoms with E-state index >= 15 is 0 Å². The number of rotatable bonds is 2. The van der Waals surface area contributed by atoms with Gasteiger partial charge in [-0.05, 0) is 37.8 Å². The van der Waals surface area contributed by atoms with Crippen LogP contribution >= 0.6 is 0 Å². The molecule has 1 N–H and O–H groups in total. The van der Waals surface area contributed by atoms with Gasteiger partial charge in [-0.15, -0.1) is 0 Å². The SMILES string of the molecule is OC1CCC(c2nc(-c3cccc(F)c3)no2)CC1. The van der Waals surface area contributed by atoms with Gasteiger partial charge in [-0.1, -0.05) is 17.3 Å². The molecule has 1 heterocycles. The molecule has 1 aliphatic carbocycles. The minimum Gasteiger partial charge on any atom is -0.393 e. The van der Waals surface area contributed by atoms with E-state index in [0.29, 0.717) is 17.3 Å². The summed E-state index contributed by atoms with van der Waals surface area (Å²) in [4.78, 5) is 4.34. The van der Waals surface area contributed by atoms with Crippen molar-refractivity contribution >= 4 is 0 Å². The molecule has 0 spiro atoms. The number of nitrogens with zero attached hydrogens (tertiary/aromatic N) is 2. The molecule has 5 heteroatoms. The van der Waals surface area contributed by atoms with Crippen molar-refractivity contribution in [1.29, 1.82) is 0 Å². The molecule has 0 amide bonds. The van der Waals surface area contributed by atoms with E-state index in [0.717, 1.165) is 25.7 Å². The van der Waals surface area contributed by atoms with Gasteiger partial charge in [-0.25, -0.2) is 4.39 Å². The van der Waals surface area contributed by atoms with Crippen LogP contribution in [0.2, 0.25) is 0 Å². The molecule has 1 aromatic carbocycles. The first-order chi connectivity index (χ1) is 9.22. The lowest BCUT2D eigenvalue weighted by molar-refractivity contribution is 0.116. The molecule has 4 nitrogen and oxygen atoms in total. The molecule has 19 heavy (non-hydrogen) atoms. The lowest BCUT2D eigenvalue weighted by Gasteiger charge is -2.22. The maximum absolute atomic E-state index is 13.1. The third-order valence-electron chi connectivity index (χ3n) is 3.57. The lowest BCUT2D eigenvalue weighted by Crippen LogP contribution is -2.17. The molecule has 0 saturated heterocycles. The molecule has 2 aromatic rings. The number of aromatic nitrogens is 2. The Balaban J connectivity index is 1.80. The van der Waals surface area contributed by atoms with E-state index in [4.69, 9.17) is 4.52 Å². The van der Waals surface area contributed by atoms with Gasteiger partial charge >= 0.3 is 0 Å². The summed E-state index contributed by atoms with van der Waals surface area (Å²) in [6, 6.07) is 6.15. The summed E-state index contributed by atoms with van der Waals surface area (Å²) in [7, 11) is 0. The van der Waals surface area contributed by atoms with Gasteiger partial charge in [0.1, 0.15) is 5.82 Å². The smallest absolute Gasteiger partial charge is 0.230 e. The monoisotopic (exact) mass is 262 g/mol. The molecule has 1 aliphatic rings. The Morgan fingerprint density at radius 2 is 2.00 bits per heavy atom. The number of aliphatic hydroxyl groups is 1. The molecule has 1 fully saturated rings. The molecule has 1 aromatic heterocycles. The molecule has 100 valence electrons. The van der Waals surface area contributed by atoms with Gasteiger partial charge in [-0.2, -0.15) is 4.98 Å². The Morgan fingerprint density at radius 3 is 2.74 bits per heavy atom. The highest BCUT2D eigenvalue weighted by atomic mass is 19.1. The van der Waals surface area contributed by atoms with Crippen LogP contribution in [0.3, 0.4) is 0 Å². The highest BCUT2D eigenvalue weighted by Crippen LogP contribution is 2.32. The van der Waals surface area contributed by atoms with E-state index in [2.05, 4.69) is 10.1 Å². The topological polar surface area (TPSA) is 59.2 Å². The van der Waals surface area contributed by atoms with Crippen LogP contribution in [0.25, 0.3) is 11.4 Å². The van der Waals surface area contributed by atoms with Gasteiger partial charge in [0.25, 0.3) is 0 Å². The van der Waals surface area contributed by atoms with Crippen LogP contribution < -0.4 is 0 Å². The fourth-order valence-corrected chi connectivity index (χ4v) is 2.47. The van der Waals surface area contributed by atoms with Crippen LogP contribution in [0.1, 0.15) is 37.5 Å². The second-order valence-electron chi connectivity index (χ2n) is 4.97. The van der Waals surface area contributed by atoms with Crippen molar-refractivity contribution in [3.05, 3.63) is 36.0 Å². The van der Waals surface area contributed by atoms with E-state index < -0.39 is 0 Å². The van der Waals surface area contributed by atoms with Gasteiger partial charge in [0, 0.05) is 11.5 Å². The first kappa shape index (κ1) is 12.3. The van der Waals surface area contributed by atoms with E-state index in [9.17, 15) is 9.50 Å². The van der Waals surface area contributed by atoms with Gasteiger partial charge in [0.15, 0.2) is 0 Å². The minimum atomic E-state index is -0.315. The Hall–Kier alpha value is -1.75. The molecule has 0 radical (unpaired) electrons. The third-order valence-corrected chi connectivity index (χ3v) is 3.57. The van der Waals surface area contributed by atoms with Crippen molar-refractivity contribution in [3.63, 3.8) is 0 Å². The van der Waals surface area contributed by atoms with Crippen LogP contribution in [0.15, 0.2) is 28.8 Å². The zero-order valence-corrected chi connectivity index (χ0v) is 10.4. The largest absolute Gasteiger partial charge is 0.393 e. The highest BCUT2D eigenvalue weighted by molar-refractivity contribution is 5.53. The Bertz CT molecular complexity index is 562. The first-order valence-electron chi connectivity index (χ1n) is 6.50. The molecular weight excluding hydrogens is 247 g/mol. The minimum absolute atomic E-state index is 0.207. The standard InChI is InChI=1S/C14H15FN2O2/c15-11-3-1-2-10(8-11)13-16-14(19-17-13)9-4-6-12(18)7-5-9/h1-3,8-9,12,18H,4-7H2. The van der Waals surface area contributed by atoms with Crippen molar-refractivity contribution < 1.29 is 14.0 Å². The van der Waals surface area contributed by atoms with Crippen molar-refractivity contribution in [2.45, 2.75) is 37.7 Å². The maximum atomic E-state index is 13.1. The van der Waals surface area contributed by atoms with Crippen molar-refractivity contribution in [2.24, 2.45) is 0 Å². The van der Waals surface area contributed by atoms with Gasteiger partial charge in [0.05, 0.1) is 6.10 Å². The quantitative estimate of drug-likeness (QED) is 0.904. The fraction of sp³-hybridized carbons (Fsp3) is 0.429. The third kappa shape index (κ3) is 2.66. The average molecular weight is 262 g/mol. The molecule has 0 unspecified atom stereocenters. The molecule has 3 rings (SSSR count). The molecular formula is C14H15FN2O2. The zero-order valence-electron chi connectivity index (χ0n) is 10.4. The van der Waals surface area contributed by atoms with Crippen molar-refractivity contribution in [1.82, 2.24) is 10.1 Å². The summed E-state index contributed by atoms with van der Waals surface area (Å²) < 4.78 is 18.4. The van der Waals surface area contributed by atoms with Crippen LogP contribution in [0.4, 0.5) is 4.39 Å². The Morgan fingerprint density at radius 1 is 1.21 bits per heavy atom. The van der Waals surface area contributed by atoms with Crippen LogP contribution in [0.5, 0.6) is 0 Å². The van der Waals surface area contributed by atoms with Crippen molar-refractivity contribution in [2.75, 3.05) is 0 Å². The predicted molar refractivity (Wildman–Crippen MR) is 66.9 cm³/mol. The summed E-state index contributed by atoms with van der Waals surface area (Å²) >= 11 is 0. The lowest BCUT2D eigenvalue weighted by atomic mass is 9.87. The second-order valence-corrected chi connectivity index (χ2v) is 4.97. The summed E-state index contributed by atoms with van der Waals surface area (Å²) in [5.41, 5.74) is 0.617. The van der Waals surface area contributed by atoms with Gasteiger partial charge in [-0.3, -0.25) is 0 Å². The normalized spacial score (nSPS) is 23.5. The van der Waals surface area contributed by atoms with E-state index in [1.807, 2.05) is 0 Å². The number of aliphatic hydroxyl groups excluding tert-OH is 1. The zero-order chi connectivity index (χ0) is 13.2. The molecule has 0 atom stereocenters. The van der Waals surface area contributed by atoms with Crippen molar-refractivity contribution in [3.8, 4) is 11.4 Å². The number of halogens is 1. The van der Waals surface area contributed by atoms with E-state index in [1.54, 1.807) is 12.1 Å². The van der Waals surface area contributed by atoms with Crippen LogP contribution in [-0.4, -0.2) is 21.4 Å². The second kappa shape index (κ2) is 5.09. The summed E-state index contributed by atoms with van der Waals surface area (Å²) in [6.45, 7) is 0. The van der Waals surface area contributed by atoms with Gasteiger partial charge in [0.2, 0.25) is 11.7 Å². The predicted octanol–water partition coefficient (Wildman–Crippen LogP) is 2.89. The summed E-state index contributed by atoms with van der Waals surface area (Å²) in [6.07, 6.45) is 3.03. The fourth-order valence-electron chi connectivity index (χ4n) is 2.47. The molecule has 1 saturated carbocycles. The first-order valence-corrected chi connectivity index (χ1v) is 6.50. The van der Waals surface area contributed by atoms with Crippen LogP contribution in [0, 0.1) is 5.82 Å². The summed E-state index contributed by atoms with van der Waals surface area (Å²) in [5, 5.41) is 13.4. The molecule has 0 aliphatic heterocycles. The van der Waals surface area contributed by atoms with E-state index in [1.165, 1.54) is 12.1 Å². The van der Waals surface area contributed by atoms with E-state index in [-0.39, 0.29) is 17.8 Å². The summed E-state index contributed by atoms with van der Waals surface area (Å²) in [5.74, 6) is 0.898.